The zero-order valence-corrected chi connectivity index (χ0v) is 14.2. The van der Waals surface area contributed by atoms with Crippen LogP contribution >= 0.6 is 11.6 Å². The van der Waals surface area contributed by atoms with Crippen molar-refractivity contribution in [2.45, 2.75) is 19.4 Å². The molecule has 0 radical (unpaired) electrons. The molecule has 1 heterocycles. The lowest BCUT2D eigenvalue weighted by Crippen LogP contribution is -2.22. The van der Waals surface area contributed by atoms with Crippen molar-refractivity contribution in [3.63, 3.8) is 0 Å². The number of halogens is 2. The maximum atomic E-state index is 13.8. The van der Waals surface area contributed by atoms with Gasteiger partial charge in [-0.2, -0.15) is 0 Å². The molecule has 3 nitrogen and oxygen atoms in total. The van der Waals surface area contributed by atoms with E-state index in [4.69, 9.17) is 16.0 Å². The van der Waals surface area contributed by atoms with Crippen LogP contribution < -0.4 is 5.32 Å². The Kier molecular flexibility index (Phi) is 5.51. The predicted molar refractivity (Wildman–Crippen MR) is 95.7 cm³/mol. The minimum Gasteiger partial charge on any atom is -0.461 e. The van der Waals surface area contributed by atoms with Gasteiger partial charge >= 0.3 is 0 Å². The van der Waals surface area contributed by atoms with E-state index in [0.717, 1.165) is 5.56 Å². The molecule has 3 aromatic rings. The molecule has 0 bridgehead atoms. The molecule has 3 rings (SSSR count). The van der Waals surface area contributed by atoms with Gasteiger partial charge in [0.1, 0.15) is 17.3 Å². The molecule has 0 spiro atoms. The fraction of sp³-hybridized carbons (Fsp3) is 0.150. The zero-order valence-electron chi connectivity index (χ0n) is 13.5. The molecule has 0 aliphatic heterocycles. The Morgan fingerprint density at radius 1 is 1.04 bits per heavy atom. The minimum atomic E-state index is -0.330. The van der Waals surface area contributed by atoms with Gasteiger partial charge in [0, 0.05) is 24.4 Å². The summed E-state index contributed by atoms with van der Waals surface area (Å²) >= 11 is 5.83. The molecule has 2 aromatic carbocycles. The molecule has 0 aliphatic rings. The molecule has 5 heteroatoms. The van der Waals surface area contributed by atoms with Crippen LogP contribution in [-0.4, -0.2) is 5.91 Å². The Morgan fingerprint density at radius 2 is 1.80 bits per heavy atom. The molecule has 1 amide bonds. The van der Waals surface area contributed by atoms with Gasteiger partial charge in [0.25, 0.3) is 0 Å². The zero-order chi connectivity index (χ0) is 17.6. The second kappa shape index (κ2) is 7.99. The maximum absolute atomic E-state index is 13.8. The van der Waals surface area contributed by atoms with Crippen molar-refractivity contribution in [1.29, 1.82) is 0 Å². The van der Waals surface area contributed by atoms with E-state index in [9.17, 15) is 9.18 Å². The van der Waals surface area contributed by atoms with Crippen molar-refractivity contribution in [1.82, 2.24) is 5.32 Å². The molecule has 0 atom stereocenters. The number of hydrogen-bond donors (Lipinski definition) is 1. The summed E-state index contributed by atoms with van der Waals surface area (Å²) in [6.45, 7) is 0.453. The highest BCUT2D eigenvalue weighted by molar-refractivity contribution is 6.30. The van der Waals surface area contributed by atoms with Crippen molar-refractivity contribution in [2.24, 2.45) is 0 Å². The number of aryl methyl sites for hydroxylation is 1. The van der Waals surface area contributed by atoms with E-state index in [1.165, 1.54) is 6.07 Å². The molecule has 1 N–H and O–H groups in total. The van der Waals surface area contributed by atoms with E-state index in [2.05, 4.69) is 5.32 Å². The molecule has 128 valence electrons. The van der Waals surface area contributed by atoms with Gasteiger partial charge in [-0.3, -0.25) is 4.79 Å². The van der Waals surface area contributed by atoms with Crippen molar-refractivity contribution in [2.75, 3.05) is 0 Å². The number of carbonyl (C=O) groups is 1. The fourth-order valence-electron chi connectivity index (χ4n) is 2.45. The summed E-state index contributed by atoms with van der Waals surface area (Å²) in [6.07, 6.45) is 0.763. The highest BCUT2D eigenvalue weighted by Gasteiger charge is 2.10. The minimum absolute atomic E-state index is 0.0706. The van der Waals surface area contributed by atoms with Gasteiger partial charge in [-0.15, -0.1) is 0 Å². The van der Waals surface area contributed by atoms with E-state index in [1.54, 1.807) is 42.5 Å². The Balaban J connectivity index is 1.51. The summed E-state index contributed by atoms with van der Waals surface area (Å²) in [6, 6.07) is 17.3. The van der Waals surface area contributed by atoms with Gasteiger partial charge in [0.05, 0.1) is 5.56 Å². The maximum Gasteiger partial charge on any atom is 0.220 e. The Hall–Kier alpha value is -2.59. The van der Waals surface area contributed by atoms with Crippen LogP contribution in [0.1, 0.15) is 17.7 Å². The number of hydrogen-bond acceptors (Lipinski definition) is 2. The third-order valence-corrected chi connectivity index (χ3v) is 4.05. The van der Waals surface area contributed by atoms with Gasteiger partial charge in [-0.05, 0) is 42.0 Å². The van der Waals surface area contributed by atoms with Crippen LogP contribution in [0.25, 0.3) is 11.3 Å². The summed E-state index contributed by atoms with van der Waals surface area (Å²) in [4.78, 5) is 11.9. The standard InChI is InChI=1S/C20H17ClFNO2/c21-15-7-5-14(6-8-15)13-23-20(24)12-10-16-9-11-19(25-16)17-3-1-2-4-18(17)22/h1-9,11H,10,12-13H2,(H,23,24). The first-order valence-electron chi connectivity index (χ1n) is 7.96. The average molecular weight is 358 g/mol. The second-order valence-electron chi connectivity index (χ2n) is 5.65. The summed E-state index contributed by atoms with van der Waals surface area (Å²) in [5.41, 5.74) is 1.40. The highest BCUT2D eigenvalue weighted by Crippen LogP contribution is 2.25. The normalized spacial score (nSPS) is 10.6. The molecule has 0 unspecified atom stereocenters. The Morgan fingerprint density at radius 3 is 2.56 bits per heavy atom. The van der Waals surface area contributed by atoms with Gasteiger partial charge in [0.2, 0.25) is 5.91 Å². The van der Waals surface area contributed by atoms with E-state index < -0.39 is 0 Å². The number of nitrogens with one attached hydrogen (secondary N) is 1. The van der Waals surface area contributed by atoms with Crippen LogP contribution in [0.15, 0.2) is 65.1 Å². The van der Waals surface area contributed by atoms with Crippen LogP contribution in [0.4, 0.5) is 4.39 Å². The van der Waals surface area contributed by atoms with Gasteiger partial charge in [-0.25, -0.2) is 4.39 Å². The van der Waals surface area contributed by atoms with Crippen molar-refractivity contribution >= 4 is 17.5 Å². The topological polar surface area (TPSA) is 42.2 Å². The number of amides is 1. The number of carbonyl (C=O) groups excluding carboxylic acids is 1. The SMILES string of the molecule is O=C(CCc1ccc(-c2ccccc2F)o1)NCc1ccc(Cl)cc1. The first-order chi connectivity index (χ1) is 12.1. The van der Waals surface area contributed by atoms with Gasteiger partial charge < -0.3 is 9.73 Å². The molecular formula is C20H17ClFNO2. The number of furan rings is 1. The lowest BCUT2D eigenvalue weighted by atomic mass is 10.1. The highest BCUT2D eigenvalue weighted by atomic mass is 35.5. The molecule has 0 aliphatic carbocycles. The third kappa shape index (κ3) is 4.70. The van der Waals surface area contributed by atoms with Crippen LogP contribution in [-0.2, 0) is 17.8 Å². The quantitative estimate of drug-likeness (QED) is 0.675. The first kappa shape index (κ1) is 17.2. The molecule has 0 fully saturated rings. The summed E-state index contributed by atoms with van der Waals surface area (Å²) in [5.74, 6) is 0.720. The number of benzene rings is 2. The van der Waals surface area contributed by atoms with Crippen molar-refractivity contribution in [3.05, 3.63) is 82.8 Å². The summed E-state index contributed by atoms with van der Waals surface area (Å²) in [5, 5.41) is 3.52. The molecule has 0 saturated heterocycles. The van der Waals surface area contributed by atoms with Crippen LogP contribution in [0, 0.1) is 5.82 Å². The summed E-state index contributed by atoms with van der Waals surface area (Å²) in [7, 11) is 0. The monoisotopic (exact) mass is 357 g/mol. The fourth-order valence-corrected chi connectivity index (χ4v) is 2.57. The van der Waals surface area contributed by atoms with Crippen molar-refractivity contribution in [3.8, 4) is 11.3 Å². The lowest BCUT2D eigenvalue weighted by molar-refractivity contribution is -0.121. The molecule has 1 aromatic heterocycles. The number of rotatable bonds is 6. The smallest absolute Gasteiger partial charge is 0.220 e. The second-order valence-corrected chi connectivity index (χ2v) is 6.09. The average Bonchev–Trinajstić information content (AvgIpc) is 3.08. The van der Waals surface area contributed by atoms with Gasteiger partial charge in [-0.1, -0.05) is 35.9 Å². The van der Waals surface area contributed by atoms with E-state index in [-0.39, 0.29) is 11.7 Å². The molecule has 0 saturated carbocycles. The van der Waals surface area contributed by atoms with Crippen LogP contribution in [0.3, 0.4) is 0 Å². The first-order valence-corrected chi connectivity index (χ1v) is 8.34. The third-order valence-electron chi connectivity index (χ3n) is 3.80. The Bertz CT molecular complexity index is 858. The lowest BCUT2D eigenvalue weighted by Gasteiger charge is -2.05. The van der Waals surface area contributed by atoms with Crippen molar-refractivity contribution < 1.29 is 13.6 Å². The predicted octanol–water partition coefficient (Wildman–Crippen LogP) is 4.99. The largest absolute Gasteiger partial charge is 0.461 e. The Labute approximate surface area is 150 Å². The van der Waals surface area contributed by atoms with E-state index in [0.29, 0.717) is 41.5 Å². The van der Waals surface area contributed by atoms with Crippen LogP contribution in [0.5, 0.6) is 0 Å². The van der Waals surface area contributed by atoms with E-state index >= 15 is 0 Å². The van der Waals surface area contributed by atoms with E-state index in [1.807, 2.05) is 12.1 Å². The molecular weight excluding hydrogens is 341 g/mol. The molecule has 25 heavy (non-hydrogen) atoms. The summed E-state index contributed by atoms with van der Waals surface area (Å²) < 4.78 is 19.4. The van der Waals surface area contributed by atoms with Gasteiger partial charge in [0.15, 0.2) is 0 Å². The van der Waals surface area contributed by atoms with Crippen LogP contribution in [0.2, 0.25) is 5.02 Å².